The molecule has 4 bridgehead atoms. The normalized spacial score (nSPS) is 23.4. The highest BCUT2D eigenvalue weighted by Crippen LogP contribution is 2.60. The third-order valence-electron chi connectivity index (χ3n) is 9.03. The summed E-state index contributed by atoms with van der Waals surface area (Å²) in [5, 5.41) is 6.96. The van der Waals surface area contributed by atoms with E-state index >= 15 is 0 Å². The van der Waals surface area contributed by atoms with Gasteiger partial charge in [-0.3, -0.25) is 9.59 Å². The summed E-state index contributed by atoms with van der Waals surface area (Å²) in [5.74, 6) is 3.58. The van der Waals surface area contributed by atoms with E-state index in [1.54, 1.807) is 30.3 Å². The molecule has 0 saturated heterocycles. The van der Waals surface area contributed by atoms with Gasteiger partial charge in [-0.05, 0) is 134 Å². The summed E-state index contributed by atoms with van der Waals surface area (Å²) in [7, 11) is 0. The number of carbonyl (C=O) groups is 2. The van der Waals surface area contributed by atoms with Gasteiger partial charge in [0.1, 0.15) is 5.75 Å². The first-order valence-electron chi connectivity index (χ1n) is 15.4. The van der Waals surface area contributed by atoms with Crippen LogP contribution in [0.4, 0.5) is 5.69 Å². The zero-order valence-corrected chi connectivity index (χ0v) is 26.5. The molecule has 8 nitrogen and oxygen atoms in total. The monoisotopic (exact) mass is 659 g/mol. The summed E-state index contributed by atoms with van der Waals surface area (Å²) < 4.78 is 17.9. The van der Waals surface area contributed by atoms with Crippen LogP contribution in [0.3, 0.4) is 0 Å². The Morgan fingerprint density at radius 2 is 1.50 bits per heavy atom. The van der Waals surface area contributed by atoms with Crippen molar-refractivity contribution in [2.75, 3.05) is 25.1 Å². The van der Waals surface area contributed by atoms with Gasteiger partial charge in [-0.25, -0.2) is 5.43 Å². The topological polar surface area (TPSA) is 98.2 Å². The second-order valence-corrected chi connectivity index (χ2v) is 13.2. The van der Waals surface area contributed by atoms with Crippen molar-refractivity contribution in [1.29, 1.82) is 0 Å². The zero-order valence-electron chi connectivity index (χ0n) is 24.9. The lowest BCUT2D eigenvalue weighted by Crippen LogP contribution is -2.48. The van der Waals surface area contributed by atoms with E-state index in [1.807, 2.05) is 31.2 Å². The number of halogens is 1. The molecule has 0 radical (unpaired) electrons. The number of hydrazone groups is 1. The highest BCUT2D eigenvalue weighted by atomic mass is 79.9. The van der Waals surface area contributed by atoms with Crippen LogP contribution in [-0.4, -0.2) is 37.8 Å². The number of hydrogen-bond donors (Lipinski definition) is 2. The van der Waals surface area contributed by atoms with Crippen LogP contribution in [0.25, 0.3) is 0 Å². The maximum atomic E-state index is 12.7. The summed E-state index contributed by atoms with van der Waals surface area (Å²) in [6, 6.07) is 20.9. The van der Waals surface area contributed by atoms with Crippen molar-refractivity contribution in [3.63, 3.8) is 0 Å². The first-order chi connectivity index (χ1) is 21.4. The highest BCUT2D eigenvalue weighted by Gasteiger charge is 2.51. The van der Waals surface area contributed by atoms with E-state index in [9.17, 15) is 9.59 Å². The smallest absolute Gasteiger partial charge is 0.277 e. The van der Waals surface area contributed by atoms with Crippen LogP contribution in [0.15, 0.2) is 76.3 Å². The lowest BCUT2D eigenvalue weighted by atomic mass is 9.48. The second kappa shape index (κ2) is 13.4. The summed E-state index contributed by atoms with van der Waals surface area (Å²) in [5.41, 5.74) is 5.69. The van der Waals surface area contributed by atoms with Gasteiger partial charge in [0.2, 0.25) is 0 Å². The van der Waals surface area contributed by atoms with Crippen LogP contribution in [0, 0.1) is 17.8 Å². The number of ether oxygens (including phenoxy) is 3. The molecule has 2 N–H and O–H groups in total. The lowest BCUT2D eigenvalue weighted by Gasteiger charge is -2.57. The Labute approximate surface area is 266 Å². The Kier molecular flexibility index (Phi) is 9.21. The van der Waals surface area contributed by atoms with E-state index in [-0.39, 0.29) is 25.0 Å². The SMILES string of the molecule is CCOc1cc(/C=N\NC(=O)COc2ccc(Br)cc2)ccc1OCC(=O)Nc1ccc(C23CC4CC(CC(C4)C2)C3)cc1. The maximum Gasteiger partial charge on any atom is 0.277 e. The number of rotatable bonds is 12. The molecule has 0 atom stereocenters. The molecule has 0 heterocycles. The van der Waals surface area contributed by atoms with Gasteiger partial charge in [0.25, 0.3) is 11.8 Å². The molecule has 0 spiro atoms. The molecule has 230 valence electrons. The molecule has 0 aliphatic heterocycles. The summed E-state index contributed by atoms with van der Waals surface area (Å²) in [4.78, 5) is 24.8. The van der Waals surface area contributed by atoms with Crippen LogP contribution in [-0.2, 0) is 15.0 Å². The molecule has 7 rings (SSSR count). The number of carbonyl (C=O) groups excluding carboxylic acids is 2. The van der Waals surface area contributed by atoms with E-state index < -0.39 is 0 Å². The minimum absolute atomic E-state index is 0.154. The fourth-order valence-electron chi connectivity index (χ4n) is 7.59. The fourth-order valence-corrected chi connectivity index (χ4v) is 7.86. The van der Waals surface area contributed by atoms with Crippen LogP contribution in [0.2, 0.25) is 0 Å². The summed E-state index contributed by atoms with van der Waals surface area (Å²) >= 11 is 3.36. The molecule has 4 fully saturated rings. The van der Waals surface area contributed by atoms with Crippen molar-refractivity contribution >= 4 is 39.6 Å². The van der Waals surface area contributed by atoms with Crippen molar-refractivity contribution in [2.24, 2.45) is 22.9 Å². The number of nitrogens with zero attached hydrogens (tertiary/aromatic N) is 1. The molecule has 9 heteroatoms. The fraction of sp³-hybridized carbons (Fsp3) is 0.400. The van der Waals surface area contributed by atoms with Gasteiger partial charge in [0, 0.05) is 10.2 Å². The minimum Gasteiger partial charge on any atom is -0.490 e. The number of amides is 2. The number of anilines is 1. The van der Waals surface area contributed by atoms with Crippen molar-refractivity contribution in [3.8, 4) is 17.2 Å². The van der Waals surface area contributed by atoms with Crippen LogP contribution < -0.4 is 25.0 Å². The molecule has 4 saturated carbocycles. The quantitative estimate of drug-likeness (QED) is 0.163. The predicted octanol–water partition coefficient (Wildman–Crippen LogP) is 6.86. The van der Waals surface area contributed by atoms with Crippen LogP contribution in [0.1, 0.15) is 56.6 Å². The summed E-state index contributed by atoms with van der Waals surface area (Å²) in [6.45, 7) is 1.97. The Balaban J connectivity index is 0.987. The largest absolute Gasteiger partial charge is 0.490 e. The molecule has 2 amide bonds. The van der Waals surface area contributed by atoms with E-state index in [2.05, 4.69) is 43.9 Å². The molecule has 0 aromatic heterocycles. The van der Waals surface area contributed by atoms with Gasteiger partial charge >= 0.3 is 0 Å². The molecule has 4 aliphatic rings. The average molecular weight is 661 g/mol. The Bertz CT molecular complexity index is 1470. The molecule has 3 aromatic rings. The van der Waals surface area contributed by atoms with E-state index in [1.165, 1.54) is 50.3 Å². The van der Waals surface area contributed by atoms with Gasteiger partial charge in [-0.1, -0.05) is 28.1 Å². The van der Waals surface area contributed by atoms with Crippen molar-refractivity contribution in [3.05, 3.63) is 82.3 Å². The second-order valence-electron chi connectivity index (χ2n) is 12.3. The Morgan fingerprint density at radius 1 is 0.841 bits per heavy atom. The minimum atomic E-state index is -0.387. The van der Waals surface area contributed by atoms with Gasteiger partial charge in [0.15, 0.2) is 24.7 Å². The van der Waals surface area contributed by atoms with Gasteiger partial charge in [-0.15, -0.1) is 0 Å². The first-order valence-corrected chi connectivity index (χ1v) is 16.2. The Hall–Kier alpha value is -3.85. The standard InChI is InChI=1S/C35H38BrN3O5/c1-2-42-32-16-23(20-37-39-34(41)22-43-30-10-6-28(36)7-11-30)3-12-31(32)44-21-33(40)38-29-8-4-27(5-9-29)35-17-24-13-25(18-35)15-26(14-24)19-35/h3-12,16,20,24-26H,2,13-15,17-19,21-22H2,1H3,(H,38,40)(H,39,41)/b37-20-. The number of hydrogen-bond acceptors (Lipinski definition) is 6. The zero-order chi connectivity index (χ0) is 30.5. The molecular formula is C35H38BrN3O5. The van der Waals surface area contributed by atoms with Gasteiger partial charge in [-0.2, -0.15) is 5.10 Å². The van der Waals surface area contributed by atoms with E-state index in [0.29, 0.717) is 34.8 Å². The molecule has 4 aliphatic carbocycles. The van der Waals surface area contributed by atoms with Crippen LogP contribution >= 0.6 is 15.9 Å². The molecular weight excluding hydrogens is 622 g/mol. The molecule has 3 aromatic carbocycles. The van der Waals surface area contributed by atoms with E-state index in [4.69, 9.17) is 14.2 Å². The average Bonchev–Trinajstić information content (AvgIpc) is 3.00. The summed E-state index contributed by atoms with van der Waals surface area (Å²) in [6.07, 6.45) is 9.75. The number of benzene rings is 3. The molecule has 44 heavy (non-hydrogen) atoms. The highest BCUT2D eigenvalue weighted by molar-refractivity contribution is 9.10. The molecule has 0 unspecified atom stereocenters. The first kappa shape index (κ1) is 30.2. The van der Waals surface area contributed by atoms with Crippen molar-refractivity contribution in [1.82, 2.24) is 5.43 Å². The van der Waals surface area contributed by atoms with Crippen molar-refractivity contribution < 1.29 is 23.8 Å². The van der Waals surface area contributed by atoms with Crippen LogP contribution in [0.5, 0.6) is 17.2 Å². The van der Waals surface area contributed by atoms with Crippen molar-refractivity contribution in [2.45, 2.75) is 50.9 Å². The third-order valence-corrected chi connectivity index (χ3v) is 9.56. The predicted molar refractivity (Wildman–Crippen MR) is 173 cm³/mol. The third kappa shape index (κ3) is 7.26. The lowest BCUT2D eigenvalue weighted by molar-refractivity contribution is -0.123. The van der Waals surface area contributed by atoms with Gasteiger partial charge in [0.05, 0.1) is 12.8 Å². The Morgan fingerprint density at radius 3 is 2.16 bits per heavy atom. The number of nitrogens with one attached hydrogen (secondary N) is 2. The van der Waals surface area contributed by atoms with Gasteiger partial charge < -0.3 is 19.5 Å². The van der Waals surface area contributed by atoms with E-state index in [0.717, 1.165) is 27.9 Å². The maximum absolute atomic E-state index is 12.7.